The Morgan fingerprint density at radius 1 is 0.538 bits per heavy atom. The molecule has 13 heavy (non-hydrogen) atoms. The number of fused-ring (bicyclic) bond motifs is 2. The van der Waals surface area contributed by atoms with E-state index in [1.807, 2.05) is 0 Å². The molecule has 72 valence electrons. The normalized spacial score (nSPS) is 62.8. The minimum absolute atomic E-state index is 1.19. The van der Waals surface area contributed by atoms with Crippen LogP contribution in [0.1, 0.15) is 44.9 Å². The molecule has 4 rings (SSSR count). The van der Waals surface area contributed by atoms with E-state index in [1.165, 1.54) is 35.5 Å². The van der Waals surface area contributed by atoms with Crippen molar-refractivity contribution in [2.75, 3.05) is 0 Å². The molecule has 0 N–H and O–H groups in total. The maximum absolute atomic E-state index is 1.64. The molecule has 4 aliphatic rings. The lowest BCUT2D eigenvalue weighted by Gasteiger charge is -2.51. The molecule has 4 saturated carbocycles. The minimum Gasteiger partial charge on any atom is -0.0499 e. The van der Waals surface area contributed by atoms with Crippen molar-refractivity contribution in [2.45, 2.75) is 44.9 Å². The molecule has 0 spiro atoms. The van der Waals surface area contributed by atoms with Crippen molar-refractivity contribution in [2.24, 2.45) is 35.5 Å². The van der Waals surface area contributed by atoms with Crippen molar-refractivity contribution in [1.29, 1.82) is 0 Å². The third-order valence-electron chi connectivity index (χ3n) is 6.00. The summed E-state index contributed by atoms with van der Waals surface area (Å²) < 4.78 is 0. The summed E-state index contributed by atoms with van der Waals surface area (Å²) >= 11 is 0. The predicted octanol–water partition coefficient (Wildman–Crippen LogP) is 3.47. The monoisotopic (exact) mass is 176 g/mol. The van der Waals surface area contributed by atoms with E-state index in [0.717, 1.165) is 0 Å². The molecule has 0 heterocycles. The van der Waals surface area contributed by atoms with E-state index in [1.54, 1.807) is 44.9 Å². The van der Waals surface area contributed by atoms with Crippen molar-refractivity contribution in [3.63, 3.8) is 0 Å². The van der Waals surface area contributed by atoms with Crippen molar-refractivity contribution >= 4 is 0 Å². The van der Waals surface area contributed by atoms with E-state index >= 15 is 0 Å². The second-order valence-corrected chi connectivity index (χ2v) is 6.15. The second-order valence-electron chi connectivity index (χ2n) is 6.15. The van der Waals surface area contributed by atoms with E-state index in [2.05, 4.69) is 0 Å². The Morgan fingerprint density at radius 3 is 2.00 bits per heavy atom. The molecule has 0 nitrogen and oxygen atoms in total. The summed E-state index contributed by atoms with van der Waals surface area (Å²) in [5.74, 6) is 7.25. The second kappa shape index (κ2) is 2.32. The SMILES string of the molecule is C1C[C@@H]2CC3C2C1CC[C@H]1CC[C@@H]31. The zero-order chi connectivity index (χ0) is 8.41. The highest BCUT2D eigenvalue weighted by Gasteiger charge is 2.56. The molecule has 0 heteroatoms. The Bertz CT molecular complexity index is 232. The average molecular weight is 176 g/mol. The largest absolute Gasteiger partial charge is 0.0499 e. The van der Waals surface area contributed by atoms with Crippen LogP contribution in [0.4, 0.5) is 0 Å². The fourth-order valence-electron chi connectivity index (χ4n) is 5.23. The van der Waals surface area contributed by atoms with E-state index in [9.17, 15) is 0 Å². The molecule has 0 amide bonds. The molecule has 0 aromatic rings. The van der Waals surface area contributed by atoms with Gasteiger partial charge < -0.3 is 0 Å². The van der Waals surface area contributed by atoms with E-state index in [4.69, 9.17) is 0 Å². The first-order chi connectivity index (χ1) is 6.43. The van der Waals surface area contributed by atoms with Gasteiger partial charge in [-0.1, -0.05) is 0 Å². The number of hydrogen-bond donors (Lipinski definition) is 0. The van der Waals surface area contributed by atoms with Crippen molar-refractivity contribution < 1.29 is 0 Å². The molecular weight excluding hydrogens is 156 g/mol. The quantitative estimate of drug-likeness (QED) is 0.530. The van der Waals surface area contributed by atoms with Gasteiger partial charge in [-0.25, -0.2) is 0 Å². The van der Waals surface area contributed by atoms with Gasteiger partial charge in [0.1, 0.15) is 0 Å². The fraction of sp³-hybridized carbons (Fsp3) is 1.00. The molecule has 4 fully saturated rings. The predicted molar refractivity (Wildman–Crippen MR) is 53.3 cm³/mol. The Kier molecular flexibility index (Phi) is 1.31. The van der Waals surface area contributed by atoms with Gasteiger partial charge >= 0.3 is 0 Å². The topological polar surface area (TPSA) is 0 Å². The summed E-state index contributed by atoms with van der Waals surface area (Å²) in [4.78, 5) is 0. The van der Waals surface area contributed by atoms with Crippen LogP contribution in [0.2, 0.25) is 0 Å². The molecule has 0 saturated heterocycles. The Balaban J connectivity index is 1.66. The Hall–Kier alpha value is 0. The molecule has 0 radical (unpaired) electrons. The van der Waals surface area contributed by atoms with Gasteiger partial charge in [-0.15, -0.1) is 0 Å². The number of rotatable bonds is 0. The van der Waals surface area contributed by atoms with Crippen LogP contribution in [-0.4, -0.2) is 0 Å². The molecule has 0 aromatic heterocycles. The summed E-state index contributed by atoms with van der Waals surface area (Å²) in [5.41, 5.74) is 0. The third-order valence-corrected chi connectivity index (χ3v) is 6.00. The minimum atomic E-state index is 1.19. The Labute approximate surface area is 81.1 Å². The highest BCUT2D eigenvalue weighted by atomic mass is 14.6. The van der Waals surface area contributed by atoms with Crippen LogP contribution in [0.3, 0.4) is 0 Å². The van der Waals surface area contributed by atoms with Gasteiger partial charge in [0.25, 0.3) is 0 Å². The summed E-state index contributed by atoms with van der Waals surface area (Å²) in [5, 5.41) is 0. The van der Waals surface area contributed by atoms with Gasteiger partial charge in [-0.05, 0) is 80.5 Å². The van der Waals surface area contributed by atoms with Crippen LogP contribution in [0, 0.1) is 35.5 Å². The molecule has 3 unspecified atom stereocenters. The van der Waals surface area contributed by atoms with E-state index < -0.39 is 0 Å². The van der Waals surface area contributed by atoms with Crippen LogP contribution in [0.5, 0.6) is 0 Å². The Morgan fingerprint density at radius 2 is 1.23 bits per heavy atom. The van der Waals surface area contributed by atoms with Crippen LogP contribution in [0.15, 0.2) is 0 Å². The van der Waals surface area contributed by atoms with Gasteiger partial charge in [0.05, 0.1) is 0 Å². The van der Waals surface area contributed by atoms with Crippen LogP contribution in [-0.2, 0) is 0 Å². The maximum Gasteiger partial charge on any atom is -0.0326 e. The van der Waals surface area contributed by atoms with Crippen molar-refractivity contribution in [3.8, 4) is 0 Å². The summed E-state index contributed by atoms with van der Waals surface area (Å²) in [6.07, 6.45) is 11.3. The van der Waals surface area contributed by atoms with Gasteiger partial charge in [-0.3, -0.25) is 0 Å². The van der Waals surface area contributed by atoms with Crippen molar-refractivity contribution in [3.05, 3.63) is 0 Å². The maximum atomic E-state index is 1.64. The average Bonchev–Trinajstić information content (AvgIpc) is 2.32. The van der Waals surface area contributed by atoms with E-state index in [0.29, 0.717) is 0 Å². The standard InChI is InChI=1S/C13H20/c1-2-9-3-4-10-7-12(13(9)10)11-6-5-8(1)11/h8-13H,1-7H2/t8-,9?,10+,11+,12?,13?/m0/s1. The van der Waals surface area contributed by atoms with Crippen LogP contribution >= 0.6 is 0 Å². The molecule has 4 aliphatic carbocycles. The smallest absolute Gasteiger partial charge is 0.0326 e. The molecule has 0 aliphatic heterocycles. The first kappa shape index (κ1) is 7.31. The molecule has 6 atom stereocenters. The fourth-order valence-corrected chi connectivity index (χ4v) is 5.23. The lowest BCUT2D eigenvalue weighted by atomic mass is 9.54. The van der Waals surface area contributed by atoms with Crippen molar-refractivity contribution in [1.82, 2.24) is 0 Å². The first-order valence-electron chi connectivity index (χ1n) is 6.43. The van der Waals surface area contributed by atoms with Gasteiger partial charge in [0.15, 0.2) is 0 Å². The summed E-state index contributed by atoms with van der Waals surface area (Å²) in [7, 11) is 0. The highest BCUT2D eigenvalue weighted by molar-refractivity contribution is 5.05. The molecule has 0 aromatic carbocycles. The van der Waals surface area contributed by atoms with E-state index in [-0.39, 0.29) is 0 Å². The first-order valence-corrected chi connectivity index (χ1v) is 6.43. The third kappa shape index (κ3) is 0.789. The number of hydrogen-bond acceptors (Lipinski definition) is 0. The van der Waals surface area contributed by atoms with Crippen LogP contribution < -0.4 is 0 Å². The zero-order valence-electron chi connectivity index (χ0n) is 8.41. The zero-order valence-corrected chi connectivity index (χ0v) is 8.41. The molecule has 0 bridgehead atoms. The van der Waals surface area contributed by atoms with Gasteiger partial charge in [-0.2, -0.15) is 0 Å². The van der Waals surface area contributed by atoms with Gasteiger partial charge in [0.2, 0.25) is 0 Å². The van der Waals surface area contributed by atoms with Gasteiger partial charge in [0, 0.05) is 0 Å². The highest BCUT2D eigenvalue weighted by Crippen LogP contribution is 2.64. The summed E-state index contributed by atoms with van der Waals surface area (Å²) in [6, 6.07) is 0. The lowest BCUT2D eigenvalue weighted by molar-refractivity contribution is -0.0231. The van der Waals surface area contributed by atoms with Crippen LogP contribution in [0.25, 0.3) is 0 Å². The summed E-state index contributed by atoms with van der Waals surface area (Å²) in [6.45, 7) is 0. The molecular formula is C13H20. The lowest BCUT2D eigenvalue weighted by Crippen LogP contribution is -2.44.